The number of anilines is 1. The highest BCUT2D eigenvalue weighted by molar-refractivity contribution is 6.28. The van der Waals surface area contributed by atoms with E-state index >= 15 is 0 Å². The molecule has 2 aromatic rings. The van der Waals surface area contributed by atoms with E-state index < -0.39 is 17.6 Å². The molecule has 0 fully saturated rings. The van der Waals surface area contributed by atoms with Crippen molar-refractivity contribution in [3.8, 4) is 5.75 Å². The molecule has 0 saturated heterocycles. The number of methoxy groups -OCH3 is 1. The van der Waals surface area contributed by atoms with Crippen LogP contribution in [0, 0.1) is 5.82 Å². The maximum Gasteiger partial charge on any atom is 0.416 e. The molecule has 118 valence electrons. The van der Waals surface area contributed by atoms with Crippen LogP contribution in [0.15, 0.2) is 24.4 Å². The van der Waals surface area contributed by atoms with Gasteiger partial charge in [-0.3, -0.25) is 0 Å². The van der Waals surface area contributed by atoms with Gasteiger partial charge in [0.25, 0.3) is 0 Å². The number of hydrogen-bond donors (Lipinski definition) is 1. The van der Waals surface area contributed by atoms with Gasteiger partial charge in [0.1, 0.15) is 5.82 Å². The van der Waals surface area contributed by atoms with E-state index in [1.54, 1.807) is 0 Å². The number of benzene rings is 1. The lowest BCUT2D eigenvalue weighted by atomic mass is 10.1. The van der Waals surface area contributed by atoms with E-state index in [0.29, 0.717) is 6.07 Å². The monoisotopic (exact) mass is 335 g/mol. The predicted octanol–water partition coefficient (Wildman–Crippen LogP) is 3.91. The van der Waals surface area contributed by atoms with E-state index in [2.05, 4.69) is 15.3 Å². The van der Waals surface area contributed by atoms with Crippen LogP contribution in [-0.4, -0.2) is 17.1 Å². The molecule has 22 heavy (non-hydrogen) atoms. The third-order valence-corrected chi connectivity index (χ3v) is 2.95. The maximum absolute atomic E-state index is 13.0. The second kappa shape index (κ2) is 6.35. The first-order valence-electron chi connectivity index (χ1n) is 5.97. The molecule has 4 nitrogen and oxygen atoms in total. The van der Waals surface area contributed by atoms with Crippen molar-refractivity contribution in [3.63, 3.8) is 0 Å². The van der Waals surface area contributed by atoms with E-state index in [9.17, 15) is 17.6 Å². The van der Waals surface area contributed by atoms with Crippen molar-refractivity contribution in [2.45, 2.75) is 12.7 Å². The van der Waals surface area contributed by atoms with E-state index in [4.69, 9.17) is 16.3 Å². The van der Waals surface area contributed by atoms with E-state index in [1.807, 2.05) is 0 Å². The number of nitrogens with one attached hydrogen (secondary N) is 1. The molecule has 2 rings (SSSR count). The van der Waals surface area contributed by atoms with Crippen LogP contribution < -0.4 is 10.1 Å². The van der Waals surface area contributed by atoms with Gasteiger partial charge in [0.15, 0.2) is 11.6 Å². The number of hydrogen-bond acceptors (Lipinski definition) is 4. The predicted molar refractivity (Wildman–Crippen MR) is 72.3 cm³/mol. The Morgan fingerprint density at radius 3 is 2.68 bits per heavy atom. The summed E-state index contributed by atoms with van der Waals surface area (Å²) in [5.41, 5.74) is -1.19. The van der Waals surface area contributed by atoms with Crippen LogP contribution in [0.3, 0.4) is 0 Å². The molecule has 0 radical (unpaired) electrons. The number of alkyl halides is 3. The average molecular weight is 336 g/mol. The van der Waals surface area contributed by atoms with Gasteiger partial charge in [-0.2, -0.15) is 18.2 Å². The number of ether oxygens (including phenoxy) is 1. The Bertz CT molecular complexity index is 679. The van der Waals surface area contributed by atoms with Gasteiger partial charge in [-0.05, 0) is 29.3 Å². The van der Waals surface area contributed by atoms with E-state index in [1.165, 1.54) is 13.3 Å². The van der Waals surface area contributed by atoms with E-state index in [0.717, 1.165) is 12.1 Å². The van der Waals surface area contributed by atoms with Gasteiger partial charge in [-0.15, -0.1) is 0 Å². The molecule has 0 amide bonds. The zero-order valence-electron chi connectivity index (χ0n) is 11.2. The SMILES string of the molecule is COc1cnc(Cl)nc1NCc1ccc(F)cc1C(F)(F)F. The quantitative estimate of drug-likeness (QED) is 0.680. The summed E-state index contributed by atoms with van der Waals surface area (Å²) in [6, 6.07) is 2.46. The first-order valence-corrected chi connectivity index (χ1v) is 6.35. The van der Waals surface area contributed by atoms with Gasteiger partial charge < -0.3 is 10.1 Å². The molecule has 0 bridgehead atoms. The third-order valence-electron chi connectivity index (χ3n) is 2.77. The second-order valence-electron chi connectivity index (χ2n) is 4.21. The first kappa shape index (κ1) is 16.3. The Morgan fingerprint density at radius 1 is 1.32 bits per heavy atom. The summed E-state index contributed by atoms with van der Waals surface area (Å²) in [5.74, 6) is -0.598. The molecule has 0 aliphatic carbocycles. The Hall–Kier alpha value is -2.09. The van der Waals surface area contributed by atoms with Crippen LogP contribution in [0.1, 0.15) is 11.1 Å². The number of rotatable bonds is 4. The van der Waals surface area contributed by atoms with Gasteiger partial charge in [0, 0.05) is 6.54 Å². The van der Waals surface area contributed by atoms with E-state index in [-0.39, 0.29) is 29.0 Å². The van der Waals surface area contributed by atoms with Crippen LogP contribution in [0.5, 0.6) is 5.75 Å². The molecular formula is C13H10ClF4N3O. The van der Waals surface area contributed by atoms with Crippen molar-refractivity contribution < 1.29 is 22.3 Å². The highest BCUT2D eigenvalue weighted by atomic mass is 35.5. The molecule has 0 spiro atoms. The first-order chi connectivity index (χ1) is 10.3. The molecule has 0 atom stereocenters. The highest BCUT2D eigenvalue weighted by Crippen LogP contribution is 2.33. The standard InChI is InChI=1S/C13H10ClF4N3O/c1-22-10-6-20-12(14)21-11(10)19-5-7-2-3-8(15)4-9(7)13(16,17)18/h2-4,6H,5H2,1H3,(H,19,20,21). The molecule has 0 aliphatic rings. The molecule has 0 unspecified atom stereocenters. The Balaban J connectivity index is 2.27. The maximum atomic E-state index is 13.0. The van der Waals surface area contributed by atoms with Crippen molar-refractivity contribution in [2.24, 2.45) is 0 Å². The lowest BCUT2D eigenvalue weighted by Crippen LogP contribution is -2.13. The van der Waals surface area contributed by atoms with Crippen LogP contribution in [0.2, 0.25) is 5.28 Å². The van der Waals surface area contributed by atoms with Crippen molar-refractivity contribution in [2.75, 3.05) is 12.4 Å². The second-order valence-corrected chi connectivity index (χ2v) is 4.55. The Labute approximate surface area is 128 Å². The van der Waals surface area contributed by atoms with Gasteiger partial charge >= 0.3 is 6.18 Å². The number of halogens is 5. The van der Waals surface area contributed by atoms with Crippen molar-refractivity contribution >= 4 is 17.4 Å². The summed E-state index contributed by atoms with van der Waals surface area (Å²) >= 11 is 5.63. The van der Waals surface area contributed by atoms with Crippen LogP contribution >= 0.6 is 11.6 Å². The molecule has 1 aromatic carbocycles. The zero-order chi connectivity index (χ0) is 16.3. The Morgan fingerprint density at radius 2 is 2.05 bits per heavy atom. The lowest BCUT2D eigenvalue weighted by Gasteiger charge is -2.15. The summed E-state index contributed by atoms with van der Waals surface area (Å²) in [6.45, 7) is -0.237. The highest BCUT2D eigenvalue weighted by Gasteiger charge is 2.33. The van der Waals surface area contributed by atoms with Crippen LogP contribution in [-0.2, 0) is 12.7 Å². The number of aromatic nitrogens is 2. The topological polar surface area (TPSA) is 47.0 Å². The van der Waals surface area contributed by atoms with Gasteiger partial charge in [0.2, 0.25) is 5.28 Å². The lowest BCUT2D eigenvalue weighted by molar-refractivity contribution is -0.138. The summed E-state index contributed by atoms with van der Waals surface area (Å²) in [4.78, 5) is 7.53. The molecule has 1 N–H and O–H groups in total. The van der Waals surface area contributed by atoms with Gasteiger partial charge in [-0.1, -0.05) is 6.07 Å². The molecule has 0 aliphatic heterocycles. The smallest absolute Gasteiger partial charge is 0.416 e. The minimum Gasteiger partial charge on any atom is -0.491 e. The summed E-state index contributed by atoms with van der Waals surface area (Å²) in [6.07, 6.45) is -3.38. The fourth-order valence-corrected chi connectivity index (χ4v) is 1.90. The van der Waals surface area contributed by atoms with Crippen LogP contribution in [0.25, 0.3) is 0 Å². The summed E-state index contributed by atoms with van der Waals surface area (Å²) in [7, 11) is 1.36. The minimum absolute atomic E-state index is 0.0848. The molecule has 1 aromatic heterocycles. The summed E-state index contributed by atoms with van der Waals surface area (Å²) in [5, 5.41) is 2.59. The van der Waals surface area contributed by atoms with Crippen molar-refractivity contribution in [3.05, 3.63) is 46.6 Å². The van der Waals surface area contributed by atoms with Crippen LogP contribution in [0.4, 0.5) is 23.4 Å². The molecule has 0 saturated carbocycles. The number of nitrogens with zero attached hydrogens (tertiary/aromatic N) is 2. The van der Waals surface area contributed by atoms with Crippen molar-refractivity contribution in [1.29, 1.82) is 0 Å². The third kappa shape index (κ3) is 3.76. The molecule has 1 heterocycles. The van der Waals surface area contributed by atoms with Crippen molar-refractivity contribution in [1.82, 2.24) is 9.97 Å². The summed E-state index contributed by atoms with van der Waals surface area (Å²) < 4.78 is 56.7. The largest absolute Gasteiger partial charge is 0.491 e. The van der Waals surface area contributed by atoms with Gasteiger partial charge in [-0.25, -0.2) is 9.37 Å². The normalized spacial score (nSPS) is 11.4. The average Bonchev–Trinajstić information content (AvgIpc) is 2.45. The minimum atomic E-state index is -4.66. The molecular weight excluding hydrogens is 326 g/mol. The van der Waals surface area contributed by atoms with Gasteiger partial charge in [0.05, 0.1) is 18.9 Å². The zero-order valence-corrected chi connectivity index (χ0v) is 12.0. The fourth-order valence-electron chi connectivity index (χ4n) is 1.77. The Kier molecular flexibility index (Phi) is 4.70. The fraction of sp³-hybridized carbons (Fsp3) is 0.231. The molecule has 9 heteroatoms.